The van der Waals surface area contributed by atoms with Gasteiger partial charge in [-0.3, -0.25) is 4.58 Å². The van der Waals surface area contributed by atoms with Crippen molar-refractivity contribution in [3.05, 3.63) is 29.8 Å². The zero-order chi connectivity index (χ0) is 15.5. The smallest absolute Gasteiger partial charge is 0.416 e. The SMILES string of the molecule is CN(C)C(=O)N(C=[N+](C)C)c1cccc(C(F)(F)F)c1.[Cl-]. The van der Waals surface area contributed by atoms with E-state index in [-0.39, 0.29) is 18.1 Å². The fourth-order valence-corrected chi connectivity index (χ4v) is 1.50. The Morgan fingerprint density at radius 2 is 1.81 bits per heavy atom. The largest absolute Gasteiger partial charge is 1.00 e. The Morgan fingerprint density at radius 1 is 1.24 bits per heavy atom. The Morgan fingerprint density at radius 3 is 2.24 bits per heavy atom. The molecule has 0 saturated carbocycles. The number of hydrogen-bond donors (Lipinski definition) is 0. The van der Waals surface area contributed by atoms with E-state index in [1.54, 1.807) is 18.7 Å². The molecule has 0 atom stereocenters. The summed E-state index contributed by atoms with van der Waals surface area (Å²) in [5, 5.41) is 0. The van der Waals surface area contributed by atoms with Crippen LogP contribution < -0.4 is 17.3 Å². The van der Waals surface area contributed by atoms with E-state index < -0.39 is 17.8 Å². The van der Waals surface area contributed by atoms with Crippen LogP contribution in [0.25, 0.3) is 0 Å². The van der Waals surface area contributed by atoms with Gasteiger partial charge < -0.3 is 17.3 Å². The average molecular weight is 324 g/mol. The van der Waals surface area contributed by atoms with E-state index in [1.165, 1.54) is 37.5 Å². The van der Waals surface area contributed by atoms with Gasteiger partial charge in [0.1, 0.15) is 5.69 Å². The van der Waals surface area contributed by atoms with Crippen molar-refractivity contribution in [2.45, 2.75) is 6.18 Å². The van der Waals surface area contributed by atoms with Gasteiger partial charge in [0.15, 0.2) is 0 Å². The highest BCUT2D eigenvalue weighted by Crippen LogP contribution is 2.31. The molecule has 0 aliphatic rings. The molecule has 0 heterocycles. The van der Waals surface area contributed by atoms with Crippen molar-refractivity contribution in [3.63, 3.8) is 0 Å². The maximum atomic E-state index is 12.7. The second-order valence-electron chi connectivity index (χ2n) is 4.67. The number of amides is 2. The summed E-state index contributed by atoms with van der Waals surface area (Å²) in [4.78, 5) is 14.5. The van der Waals surface area contributed by atoms with Gasteiger partial charge in [-0.1, -0.05) is 6.07 Å². The van der Waals surface area contributed by atoms with Crippen LogP contribution in [0.3, 0.4) is 0 Å². The van der Waals surface area contributed by atoms with Crippen LogP contribution in [0.15, 0.2) is 24.3 Å². The normalized spacial score (nSPS) is 10.4. The van der Waals surface area contributed by atoms with Gasteiger partial charge in [-0.2, -0.15) is 13.2 Å². The summed E-state index contributed by atoms with van der Waals surface area (Å²) in [7, 11) is 6.44. The minimum Gasteiger partial charge on any atom is -1.00 e. The highest BCUT2D eigenvalue weighted by molar-refractivity contribution is 6.06. The molecule has 4 nitrogen and oxygen atoms in total. The van der Waals surface area contributed by atoms with Gasteiger partial charge in [0.05, 0.1) is 19.7 Å². The van der Waals surface area contributed by atoms with Crippen LogP contribution in [0.5, 0.6) is 0 Å². The molecule has 1 aromatic rings. The minimum atomic E-state index is -4.44. The molecule has 0 aromatic heterocycles. The quantitative estimate of drug-likeness (QED) is 0.409. The molecule has 21 heavy (non-hydrogen) atoms. The van der Waals surface area contributed by atoms with Crippen LogP contribution in [0.4, 0.5) is 23.7 Å². The van der Waals surface area contributed by atoms with Crippen LogP contribution >= 0.6 is 0 Å². The molecule has 1 aromatic carbocycles. The number of benzene rings is 1. The van der Waals surface area contributed by atoms with Gasteiger partial charge in [0.25, 0.3) is 0 Å². The molecule has 0 saturated heterocycles. The standard InChI is InChI=1S/C13H17F3N3O.ClH/c1-17(2)9-19(12(20)18(3)4)11-7-5-6-10(8-11)13(14,15)16;/h5-9H,1-4H3;1H/q+1;/p-1. The molecule has 0 N–H and O–H groups in total. The topological polar surface area (TPSA) is 26.6 Å². The van der Waals surface area contributed by atoms with Gasteiger partial charge in [-0.25, -0.2) is 4.79 Å². The molecule has 118 valence electrons. The monoisotopic (exact) mass is 323 g/mol. The number of urea groups is 1. The number of hydrogen-bond acceptors (Lipinski definition) is 1. The fourth-order valence-electron chi connectivity index (χ4n) is 1.50. The van der Waals surface area contributed by atoms with Crippen molar-refractivity contribution in [2.24, 2.45) is 0 Å². The summed E-state index contributed by atoms with van der Waals surface area (Å²) >= 11 is 0. The summed E-state index contributed by atoms with van der Waals surface area (Å²) < 4.78 is 39.7. The van der Waals surface area contributed by atoms with Crippen LogP contribution in [0, 0.1) is 0 Å². The van der Waals surface area contributed by atoms with Crippen molar-refractivity contribution in [1.29, 1.82) is 0 Å². The van der Waals surface area contributed by atoms with Crippen LogP contribution in [0.2, 0.25) is 0 Å². The molecule has 0 unspecified atom stereocenters. The average Bonchev–Trinajstić information content (AvgIpc) is 2.34. The molecule has 1 rings (SSSR count). The molecule has 0 bridgehead atoms. The number of carbonyl (C=O) groups excluding carboxylic acids is 1. The Bertz CT molecular complexity index is 526. The lowest BCUT2D eigenvalue weighted by molar-refractivity contribution is -0.460. The third-order valence-corrected chi connectivity index (χ3v) is 2.39. The Kier molecular flexibility index (Phi) is 6.69. The first-order chi connectivity index (χ1) is 9.12. The van der Waals surface area contributed by atoms with E-state index in [9.17, 15) is 18.0 Å². The molecular weight excluding hydrogens is 307 g/mol. The number of alkyl halides is 3. The highest BCUT2D eigenvalue weighted by Gasteiger charge is 2.32. The van der Waals surface area contributed by atoms with Crippen LogP contribution in [-0.4, -0.2) is 50.0 Å². The molecular formula is C13H17ClF3N3O. The fraction of sp³-hybridized carbons (Fsp3) is 0.385. The van der Waals surface area contributed by atoms with Crippen LogP contribution in [0.1, 0.15) is 5.56 Å². The maximum Gasteiger partial charge on any atom is 0.416 e. The van der Waals surface area contributed by atoms with Crippen LogP contribution in [-0.2, 0) is 6.18 Å². The maximum absolute atomic E-state index is 12.7. The lowest BCUT2D eigenvalue weighted by atomic mass is 10.2. The molecule has 2 amide bonds. The van der Waals surface area contributed by atoms with Gasteiger partial charge in [-0.15, -0.1) is 4.90 Å². The Balaban J connectivity index is 0.00000400. The predicted molar refractivity (Wildman–Crippen MR) is 71.2 cm³/mol. The summed E-state index contributed by atoms with van der Waals surface area (Å²) in [5.74, 6) is 0. The lowest BCUT2D eigenvalue weighted by Crippen LogP contribution is -3.00. The summed E-state index contributed by atoms with van der Waals surface area (Å²) in [6.45, 7) is 0. The second-order valence-corrected chi connectivity index (χ2v) is 4.67. The second kappa shape index (κ2) is 7.31. The molecule has 0 spiro atoms. The van der Waals surface area contributed by atoms with Crippen molar-refractivity contribution in [1.82, 2.24) is 4.90 Å². The van der Waals surface area contributed by atoms with E-state index in [2.05, 4.69) is 0 Å². The molecule has 0 radical (unpaired) electrons. The lowest BCUT2D eigenvalue weighted by Gasteiger charge is -2.17. The first-order valence-corrected chi connectivity index (χ1v) is 5.82. The first-order valence-electron chi connectivity index (χ1n) is 5.82. The van der Waals surface area contributed by atoms with Crippen molar-refractivity contribution < 1.29 is 34.9 Å². The molecule has 0 fully saturated rings. The summed E-state index contributed by atoms with van der Waals surface area (Å²) in [6.07, 6.45) is -3.02. The van der Waals surface area contributed by atoms with Gasteiger partial charge in [-0.05, 0) is 18.2 Å². The number of halogens is 4. The van der Waals surface area contributed by atoms with E-state index in [1.807, 2.05) is 0 Å². The minimum absolute atomic E-state index is 0. The number of rotatable bonds is 2. The highest BCUT2D eigenvalue weighted by atomic mass is 35.5. The van der Waals surface area contributed by atoms with E-state index in [0.29, 0.717) is 0 Å². The third kappa shape index (κ3) is 5.26. The molecule has 8 heteroatoms. The number of anilines is 1. The summed E-state index contributed by atoms with van der Waals surface area (Å²) in [5.41, 5.74) is -0.633. The van der Waals surface area contributed by atoms with Gasteiger partial charge in [0, 0.05) is 14.1 Å². The van der Waals surface area contributed by atoms with Crippen molar-refractivity contribution in [2.75, 3.05) is 33.1 Å². The number of carbonyl (C=O) groups is 1. The Hall–Kier alpha value is -1.76. The van der Waals surface area contributed by atoms with Crippen molar-refractivity contribution in [3.8, 4) is 0 Å². The third-order valence-electron chi connectivity index (χ3n) is 2.39. The molecule has 0 aliphatic heterocycles. The predicted octanol–water partition coefficient (Wildman–Crippen LogP) is -0.502. The van der Waals surface area contributed by atoms with Crippen molar-refractivity contribution >= 4 is 18.1 Å². The zero-order valence-corrected chi connectivity index (χ0v) is 12.9. The summed E-state index contributed by atoms with van der Waals surface area (Å²) in [6, 6.07) is 4.21. The number of nitrogens with zero attached hydrogens (tertiary/aromatic N) is 3. The van der Waals surface area contributed by atoms with Gasteiger partial charge in [0.2, 0.25) is 6.34 Å². The molecule has 0 aliphatic carbocycles. The van der Waals surface area contributed by atoms with E-state index >= 15 is 0 Å². The van der Waals surface area contributed by atoms with Gasteiger partial charge >= 0.3 is 12.2 Å². The van der Waals surface area contributed by atoms with E-state index in [4.69, 9.17) is 0 Å². The van der Waals surface area contributed by atoms with E-state index in [0.717, 1.165) is 17.0 Å². The Labute approximate surface area is 127 Å². The zero-order valence-electron chi connectivity index (χ0n) is 12.1. The first kappa shape index (κ1) is 19.2.